The first-order valence-electron chi connectivity index (χ1n) is 7.81. The van der Waals surface area contributed by atoms with Crippen molar-refractivity contribution in [3.05, 3.63) is 71.8 Å². The number of hydrogen-bond donors (Lipinski definition) is 2. The molecule has 2 aromatic heterocycles. The van der Waals surface area contributed by atoms with E-state index in [0.717, 1.165) is 0 Å². The zero-order valence-corrected chi connectivity index (χ0v) is 16.4. The van der Waals surface area contributed by atoms with Crippen molar-refractivity contribution in [1.29, 1.82) is 0 Å². The number of fused-ring (bicyclic) bond motifs is 2. The number of aromatic carboxylic acids is 2. The Bertz CT molecular complexity index is 1110. The van der Waals surface area contributed by atoms with Crippen molar-refractivity contribution in [2.24, 2.45) is 0 Å². The average molecular weight is 367 g/mol. The minimum Gasteiger partial charge on any atom is -0.478 e. The van der Waals surface area contributed by atoms with E-state index in [-0.39, 0.29) is 40.7 Å². The number of para-hydroxylation sites is 2. The van der Waals surface area contributed by atoms with Crippen LogP contribution in [-0.2, 0) is 0 Å². The van der Waals surface area contributed by atoms with Crippen molar-refractivity contribution in [2.75, 3.05) is 0 Å². The Hall–Kier alpha value is -2.80. The second-order valence-corrected chi connectivity index (χ2v) is 5.75. The maximum Gasteiger partial charge on any atom is 0.336 e. The molecule has 127 valence electrons. The Morgan fingerprint density at radius 3 is 1.41 bits per heavy atom. The van der Waals surface area contributed by atoms with Crippen LogP contribution >= 0.6 is 0 Å². The molecule has 2 heterocycles. The zero-order chi connectivity index (χ0) is 18.3. The van der Waals surface area contributed by atoms with Crippen LogP contribution in [0, 0.1) is 0 Å². The van der Waals surface area contributed by atoms with Crippen LogP contribution in [0.15, 0.2) is 60.7 Å². The van der Waals surface area contributed by atoms with Crippen LogP contribution in [0.25, 0.3) is 33.2 Å². The molecule has 4 aromatic rings. The van der Waals surface area contributed by atoms with Gasteiger partial charge in [-0.25, -0.2) is 19.6 Å². The minimum atomic E-state index is -1.08. The summed E-state index contributed by atoms with van der Waals surface area (Å²) in [5.74, 6) is -2.16. The van der Waals surface area contributed by atoms with Gasteiger partial charge in [-0.2, -0.15) is 0 Å². The molecule has 2 N–H and O–H groups in total. The number of aromatic nitrogens is 2. The molecule has 0 aliphatic rings. The zero-order valence-electron chi connectivity index (χ0n) is 14.4. The Balaban J connectivity index is 0.00000210. The van der Waals surface area contributed by atoms with E-state index >= 15 is 0 Å². The minimum absolute atomic E-state index is 0. The fraction of sp³-hybridized carbons (Fsp3) is 0. The Labute approximate surface area is 175 Å². The first-order valence-corrected chi connectivity index (χ1v) is 7.81. The van der Waals surface area contributed by atoms with E-state index in [1.54, 1.807) is 48.5 Å². The third-order valence-electron chi connectivity index (χ3n) is 4.16. The van der Waals surface area contributed by atoms with Crippen molar-refractivity contribution in [1.82, 2.24) is 9.97 Å². The van der Waals surface area contributed by atoms with Gasteiger partial charge in [0.25, 0.3) is 0 Å². The predicted molar refractivity (Wildman–Crippen MR) is 102 cm³/mol. The molecular formula is C20H12N2NaO4. The van der Waals surface area contributed by atoms with Gasteiger partial charge in [0.15, 0.2) is 0 Å². The fourth-order valence-corrected chi connectivity index (χ4v) is 2.97. The Morgan fingerprint density at radius 2 is 1.04 bits per heavy atom. The molecule has 7 heteroatoms. The maximum absolute atomic E-state index is 11.6. The van der Waals surface area contributed by atoms with Crippen molar-refractivity contribution in [3.8, 4) is 11.4 Å². The van der Waals surface area contributed by atoms with Crippen LogP contribution < -0.4 is 0 Å². The monoisotopic (exact) mass is 367 g/mol. The molecule has 0 fully saturated rings. The number of rotatable bonds is 3. The van der Waals surface area contributed by atoms with Gasteiger partial charge >= 0.3 is 11.9 Å². The van der Waals surface area contributed by atoms with Gasteiger partial charge < -0.3 is 10.2 Å². The molecule has 0 unspecified atom stereocenters. The van der Waals surface area contributed by atoms with Crippen LogP contribution in [0.3, 0.4) is 0 Å². The fourth-order valence-electron chi connectivity index (χ4n) is 2.97. The molecule has 2 aromatic carbocycles. The second-order valence-electron chi connectivity index (χ2n) is 5.75. The second kappa shape index (κ2) is 7.44. The quantitative estimate of drug-likeness (QED) is 0.538. The topological polar surface area (TPSA) is 100 Å². The summed E-state index contributed by atoms with van der Waals surface area (Å²) in [5.41, 5.74) is 1.84. The van der Waals surface area contributed by atoms with Crippen LogP contribution in [0.5, 0.6) is 0 Å². The number of nitrogens with zero attached hydrogens (tertiary/aromatic N) is 2. The smallest absolute Gasteiger partial charge is 0.336 e. The molecule has 0 bridgehead atoms. The van der Waals surface area contributed by atoms with E-state index in [1.165, 1.54) is 12.1 Å². The van der Waals surface area contributed by atoms with Crippen molar-refractivity contribution < 1.29 is 19.8 Å². The molecule has 0 aliphatic carbocycles. The first-order chi connectivity index (χ1) is 12.5. The van der Waals surface area contributed by atoms with Crippen molar-refractivity contribution in [3.63, 3.8) is 0 Å². The largest absolute Gasteiger partial charge is 0.478 e. The number of carboxylic acids is 2. The molecule has 6 nitrogen and oxygen atoms in total. The number of benzene rings is 2. The summed E-state index contributed by atoms with van der Waals surface area (Å²) in [6.45, 7) is 0. The molecule has 4 rings (SSSR count). The number of pyridine rings is 2. The van der Waals surface area contributed by atoms with E-state index in [1.807, 2.05) is 0 Å². The third kappa shape index (κ3) is 3.42. The van der Waals surface area contributed by atoms with Gasteiger partial charge in [0.1, 0.15) is 0 Å². The Kier molecular flexibility index (Phi) is 5.23. The molecule has 27 heavy (non-hydrogen) atoms. The summed E-state index contributed by atoms with van der Waals surface area (Å²) in [4.78, 5) is 32.2. The summed E-state index contributed by atoms with van der Waals surface area (Å²) < 4.78 is 0. The Morgan fingerprint density at radius 1 is 0.667 bits per heavy atom. The van der Waals surface area contributed by atoms with Crippen LogP contribution in [0.1, 0.15) is 20.7 Å². The molecular weight excluding hydrogens is 355 g/mol. The summed E-state index contributed by atoms with van der Waals surface area (Å²) in [6.07, 6.45) is 0. The summed E-state index contributed by atoms with van der Waals surface area (Å²) in [6, 6.07) is 16.7. The van der Waals surface area contributed by atoms with Gasteiger partial charge in [-0.15, -0.1) is 0 Å². The van der Waals surface area contributed by atoms with E-state index in [4.69, 9.17) is 0 Å². The average Bonchev–Trinajstić information content (AvgIpc) is 2.66. The van der Waals surface area contributed by atoms with Crippen molar-refractivity contribution in [2.45, 2.75) is 0 Å². The van der Waals surface area contributed by atoms with Gasteiger partial charge in [0.05, 0.1) is 33.5 Å². The van der Waals surface area contributed by atoms with Gasteiger partial charge in [0.2, 0.25) is 0 Å². The summed E-state index contributed by atoms with van der Waals surface area (Å²) in [7, 11) is 0. The van der Waals surface area contributed by atoms with E-state index in [2.05, 4.69) is 9.97 Å². The molecule has 1 radical (unpaired) electrons. The number of carbonyl (C=O) groups is 2. The maximum atomic E-state index is 11.6. The van der Waals surface area contributed by atoms with Crippen molar-refractivity contribution >= 4 is 63.3 Å². The van der Waals surface area contributed by atoms with Gasteiger partial charge in [0, 0.05) is 40.3 Å². The molecule has 0 saturated carbocycles. The molecule has 0 aliphatic heterocycles. The van der Waals surface area contributed by atoms with Gasteiger partial charge in [-0.1, -0.05) is 36.4 Å². The SMILES string of the molecule is O=C(O)c1cc(-c2cc(C(=O)O)c3ccccc3n2)nc2ccccc12.[Na]. The number of hydrogen-bond acceptors (Lipinski definition) is 4. The van der Waals surface area contributed by atoms with E-state index in [0.29, 0.717) is 33.2 Å². The third-order valence-corrected chi connectivity index (χ3v) is 4.16. The van der Waals surface area contributed by atoms with Crippen LogP contribution in [-0.4, -0.2) is 61.7 Å². The molecule has 0 atom stereocenters. The molecule has 0 amide bonds. The molecule has 0 saturated heterocycles. The van der Waals surface area contributed by atoms with E-state index in [9.17, 15) is 19.8 Å². The first kappa shape index (κ1) is 19.0. The van der Waals surface area contributed by atoms with Crippen LogP contribution in [0.2, 0.25) is 0 Å². The summed E-state index contributed by atoms with van der Waals surface area (Å²) in [5, 5.41) is 20.1. The predicted octanol–water partition coefficient (Wildman–Crippen LogP) is 3.47. The normalized spacial score (nSPS) is 10.5. The molecule has 0 spiro atoms. The van der Waals surface area contributed by atoms with Crippen LogP contribution in [0.4, 0.5) is 0 Å². The standard InChI is InChI=1S/C20H12N2O4.Na/c23-19(24)13-9-17(21-15-7-3-1-5-11(13)15)18-10-14(20(25)26)12-6-2-4-8-16(12)22-18;/h1-10H,(H,23,24)(H,25,26);. The van der Waals surface area contributed by atoms with Gasteiger partial charge in [-0.05, 0) is 24.3 Å². The van der Waals surface area contributed by atoms with Gasteiger partial charge in [-0.3, -0.25) is 0 Å². The van der Waals surface area contributed by atoms with E-state index < -0.39 is 11.9 Å². The number of carboxylic acid groups (broad SMARTS) is 2. The summed E-state index contributed by atoms with van der Waals surface area (Å²) >= 11 is 0.